The average molecular weight is 490 g/mol. The first-order chi connectivity index (χ1) is 17.1. The highest BCUT2D eigenvalue weighted by Gasteiger charge is 2.16. The van der Waals surface area contributed by atoms with Gasteiger partial charge in [-0.3, -0.25) is 4.79 Å². The lowest BCUT2D eigenvalue weighted by Gasteiger charge is -2.21. The molecule has 2 aromatic carbocycles. The van der Waals surface area contributed by atoms with Crippen LogP contribution in [0, 0.1) is 6.92 Å². The van der Waals surface area contributed by atoms with Crippen molar-refractivity contribution in [1.82, 2.24) is 24.6 Å². The van der Waals surface area contributed by atoms with Gasteiger partial charge in [-0.05, 0) is 50.3 Å². The van der Waals surface area contributed by atoms with Gasteiger partial charge in [-0.25, -0.2) is 4.98 Å². The molecular weight excluding hydrogens is 454 g/mol. The molecule has 4 rings (SSSR count). The van der Waals surface area contributed by atoms with Crippen molar-refractivity contribution in [3.05, 3.63) is 59.7 Å². The number of benzene rings is 2. The van der Waals surface area contributed by atoms with Crippen molar-refractivity contribution in [3.63, 3.8) is 0 Å². The lowest BCUT2D eigenvalue weighted by Crippen LogP contribution is -2.32. The topological polar surface area (TPSA) is 63.9 Å². The first kappa shape index (κ1) is 25.2. The van der Waals surface area contributed by atoms with Gasteiger partial charge in [-0.1, -0.05) is 67.6 Å². The summed E-state index contributed by atoms with van der Waals surface area (Å²) < 4.78 is 2.24. The summed E-state index contributed by atoms with van der Waals surface area (Å²) in [4.78, 5) is 19.4. The van der Waals surface area contributed by atoms with Gasteiger partial charge in [0.1, 0.15) is 5.52 Å². The van der Waals surface area contributed by atoms with Crippen LogP contribution in [0.2, 0.25) is 0 Å². The van der Waals surface area contributed by atoms with Crippen LogP contribution >= 0.6 is 11.8 Å². The molecule has 0 fully saturated rings. The van der Waals surface area contributed by atoms with Gasteiger partial charge < -0.3 is 9.47 Å². The van der Waals surface area contributed by atoms with Gasteiger partial charge in [0.2, 0.25) is 11.1 Å². The van der Waals surface area contributed by atoms with Crippen molar-refractivity contribution in [3.8, 4) is 0 Å². The molecule has 2 heterocycles. The Morgan fingerprint density at radius 3 is 2.51 bits per heavy atom. The molecule has 0 unspecified atom stereocenters. The molecule has 0 atom stereocenters. The number of nitrogens with zero attached hydrogens (tertiary/aromatic N) is 5. The van der Waals surface area contributed by atoms with Gasteiger partial charge in [0.15, 0.2) is 5.65 Å². The monoisotopic (exact) mass is 489 g/mol. The number of hydrogen-bond acceptors (Lipinski definition) is 5. The van der Waals surface area contributed by atoms with Crippen molar-refractivity contribution < 1.29 is 4.79 Å². The van der Waals surface area contributed by atoms with Gasteiger partial charge >= 0.3 is 0 Å². The summed E-state index contributed by atoms with van der Waals surface area (Å²) in [7, 11) is 0. The van der Waals surface area contributed by atoms with Crippen LogP contribution in [0.25, 0.3) is 22.1 Å². The molecule has 184 valence electrons. The van der Waals surface area contributed by atoms with Crippen LogP contribution < -0.4 is 0 Å². The van der Waals surface area contributed by atoms with E-state index in [9.17, 15) is 4.79 Å². The maximum Gasteiger partial charge on any atom is 0.222 e. The first-order valence-corrected chi connectivity index (χ1v) is 13.7. The van der Waals surface area contributed by atoms with E-state index in [-0.39, 0.29) is 5.91 Å². The Labute approximate surface area is 212 Å². The van der Waals surface area contributed by atoms with E-state index in [1.54, 1.807) is 11.8 Å². The largest absolute Gasteiger partial charge is 0.343 e. The third-order valence-corrected chi connectivity index (χ3v) is 7.07. The number of rotatable bonds is 12. The zero-order valence-corrected chi connectivity index (χ0v) is 21.9. The van der Waals surface area contributed by atoms with E-state index in [1.807, 2.05) is 11.0 Å². The van der Waals surface area contributed by atoms with Gasteiger partial charge in [0.25, 0.3) is 0 Å². The number of aromatic nitrogens is 4. The minimum Gasteiger partial charge on any atom is -0.343 e. The Kier molecular flexibility index (Phi) is 8.74. The summed E-state index contributed by atoms with van der Waals surface area (Å²) in [5.74, 6) is 1.15. The number of thioether (sulfide) groups is 1. The van der Waals surface area contributed by atoms with Crippen LogP contribution in [0.15, 0.2) is 53.7 Å². The van der Waals surface area contributed by atoms with Crippen LogP contribution in [-0.4, -0.2) is 49.4 Å². The Morgan fingerprint density at radius 2 is 1.77 bits per heavy atom. The number of carbonyl (C=O) groups is 1. The number of amides is 1. The highest BCUT2D eigenvalue weighted by atomic mass is 32.2. The number of aryl methyl sites for hydroxylation is 1. The Hall–Kier alpha value is -2.93. The van der Waals surface area contributed by atoms with E-state index < -0.39 is 0 Å². The third kappa shape index (κ3) is 6.20. The standard InChI is InChI=1S/C28H35N5OS/c1-4-16-32(17-5-2)25(34)13-9-10-18-35-28-29-27-26(30-31-28)23-19-21(3)14-15-24(23)33(27)20-22-11-7-6-8-12-22/h6-8,11-12,14-15,19H,4-5,9-10,13,16-18,20H2,1-3H3. The molecule has 1 amide bonds. The maximum atomic E-state index is 12.5. The summed E-state index contributed by atoms with van der Waals surface area (Å²) in [6.45, 7) is 8.80. The van der Waals surface area contributed by atoms with Crippen molar-refractivity contribution in [2.45, 2.75) is 64.6 Å². The zero-order valence-electron chi connectivity index (χ0n) is 21.0. The molecule has 7 heteroatoms. The molecule has 0 saturated heterocycles. The van der Waals surface area contributed by atoms with Crippen molar-refractivity contribution in [2.24, 2.45) is 0 Å². The summed E-state index contributed by atoms with van der Waals surface area (Å²) in [6.07, 6.45) is 4.47. The van der Waals surface area contributed by atoms with E-state index in [4.69, 9.17) is 4.98 Å². The van der Waals surface area contributed by atoms with E-state index in [1.165, 1.54) is 11.1 Å². The molecule has 0 aliphatic rings. The predicted molar refractivity (Wildman–Crippen MR) is 145 cm³/mol. The van der Waals surface area contributed by atoms with E-state index in [0.29, 0.717) is 11.6 Å². The fourth-order valence-electron chi connectivity index (χ4n) is 4.44. The highest BCUT2D eigenvalue weighted by Crippen LogP contribution is 2.29. The minimum atomic E-state index is 0.277. The summed E-state index contributed by atoms with van der Waals surface area (Å²) >= 11 is 1.62. The van der Waals surface area contributed by atoms with Crippen LogP contribution in [0.1, 0.15) is 57.1 Å². The number of fused-ring (bicyclic) bond motifs is 3. The molecule has 0 radical (unpaired) electrons. The molecule has 35 heavy (non-hydrogen) atoms. The van der Waals surface area contributed by atoms with Crippen molar-refractivity contribution in [1.29, 1.82) is 0 Å². The summed E-state index contributed by atoms with van der Waals surface area (Å²) in [5.41, 5.74) is 5.27. The highest BCUT2D eigenvalue weighted by molar-refractivity contribution is 7.99. The molecule has 0 bridgehead atoms. The molecule has 2 aromatic heterocycles. The van der Waals surface area contributed by atoms with Crippen LogP contribution in [0.4, 0.5) is 0 Å². The molecule has 6 nitrogen and oxygen atoms in total. The molecule has 0 N–H and O–H groups in total. The van der Waals surface area contributed by atoms with Crippen molar-refractivity contribution in [2.75, 3.05) is 18.8 Å². The number of carbonyl (C=O) groups excluding carboxylic acids is 1. The van der Waals surface area contributed by atoms with Crippen LogP contribution in [0.5, 0.6) is 0 Å². The lowest BCUT2D eigenvalue weighted by molar-refractivity contribution is -0.131. The summed E-state index contributed by atoms with van der Waals surface area (Å²) in [5, 5.41) is 10.8. The Bertz CT molecular complexity index is 1260. The average Bonchev–Trinajstić information content (AvgIpc) is 3.16. The molecule has 4 aromatic rings. The molecule has 0 aliphatic heterocycles. The van der Waals surface area contributed by atoms with E-state index in [0.717, 1.165) is 73.1 Å². The second-order valence-corrected chi connectivity index (χ2v) is 10.1. The quantitative estimate of drug-likeness (QED) is 0.174. The Balaban J connectivity index is 1.45. The van der Waals surface area contributed by atoms with Crippen LogP contribution in [0.3, 0.4) is 0 Å². The second-order valence-electron chi connectivity index (χ2n) is 9.05. The predicted octanol–water partition coefficient (Wildman–Crippen LogP) is 6.25. The van der Waals surface area contributed by atoms with E-state index >= 15 is 0 Å². The van der Waals surface area contributed by atoms with Gasteiger partial charge in [0, 0.05) is 37.2 Å². The van der Waals surface area contributed by atoms with Crippen LogP contribution in [-0.2, 0) is 11.3 Å². The minimum absolute atomic E-state index is 0.277. The SMILES string of the molecule is CCCN(CCC)C(=O)CCCCSc1nnc2c3cc(C)ccc3n(Cc3ccccc3)c2n1. The number of hydrogen-bond donors (Lipinski definition) is 0. The fourth-order valence-corrected chi connectivity index (χ4v) is 5.22. The lowest BCUT2D eigenvalue weighted by atomic mass is 10.1. The van der Waals surface area contributed by atoms with Crippen molar-refractivity contribution >= 4 is 39.7 Å². The van der Waals surface area contributed by atoms with Gasteiger partial charge in [-0.2, -0.15) is 0 Å². The Morgan fingerprint density at radius 1 is 1.00 bits per heavy atom. The van der Waals surface area contributed by atoms with Gasteiger partial charge in [0.05, 0.1) is 5.52 Å². The third-order valence-electron chi connectivity index (χ3n) is 6.14. The number of unbranched alkanes of at least 4 members (excludes halogenated alkanes) is 1. The van der Waals surface area contributed by atoms with Gasteiger partial charge in [-0.15, -0.1) is 10.2 Å². The maximum absolute atomic E-state index is 12.5. The molecule has 0 spiro atoms. The molecule has 0 saturated carbocycles. The molecule has 0 aliphatic carbocycles. The normalized spacial score (nSPS) is 11.4. The summed E-state index contributed by atoms with van der Waals surface area (Å²) in [6, 6.07) is 16.9. The zero-order chi connectivity index (χ0) is 24.6. The first-order valence-electron chi connectivity index (χ1n) is 12.7. The van der Waals surface area contributed by atoms with E-state index in [2.05, 4.69) is 78.0 Å². The molecular formula is C28H35N5OS. The smallest absolute Gasteiger partial charge is 0.222 e. The second kappa shape index (κ2) is 12.2. The fraction of sp³-hybridized carbons (Fsp3) is 0.429.